The SMILES string of the molecule is CCCC(O)CNC(=O)CC(N)CC(C)(C)C. The van der Waals surface area contributed by atoms with Crippen LogP contribution < -0.4 is 11.1 Å². The number of nitrogens with one attached hydrogen (secondary N) is 1. The monoisotopic (exact) mass is 244 g/mol. The van der Waals surface area contributed by atoms with Gasteiger partial charge in [0.1, 0.15) is 0 Å². The van der Waals surface area contributed by atoms with Gasteiger partial charge >= 0.3 is 0 Å². The van der Waals surface area contributed by atoms with E-state index in [9.17, 15) is 9.90 Å². The molecule has 1 amide bonds. The quantitative estimate of drug-likeness (QED) is 0.634. The number of carbonyl (C=O) groups excluding carboxylic acids is 1. The van der Waals surface area contributed by atoms with Gasteiger partial charge in [-0.2, -0.15) is 0 Å². The van der Waals surface area contributed by atoms with E-state index in [1.165, 1.54) is 0 Å². The number of aliphatic hydroxyl groups is 1. The molecule has 0 aromatic heterocycles. The Kier molecular flexibility index (Phi) is 7.39. The summed E-state index contributed by atoms with van der Waals surface area (Å²) >= 11 is 0. The summed E-state index contributed by atoms with van der Waals surface area (Å²) in [4.78, 5) is 11.5. The number of rotatable bonds is 7. The summed E-state index contributed by atoms with van der Waals surface area (Å²) in [5, 5.41) is 12.2. The second-order valence-electron chi connectivity index (χ2n) is 5.98. The van der Waals surface area contributed by atoms with Crippen molar-refractivity contribution in [3.63, 3.8) is 0 Å². The average molecular weight is 244 g/mol. The largest absolute Gasteiger partial charge is 0.391 e. The van der Waals surface area contributed by atoms with Gasteiger partial charge in [-0.3, -0.25) is 4.79 Å². The van der Waals surface area contributed by atoms with E-state index < -0.39 is 6.10 Å². The van der Waals surface area contributed by atoms with E-state index in [1.54, 1.807) is 0 Å². The third-order valence-electron chi connectivity index (χ3n) is 2.48. The van der Waals surface area contributed by atoms with Gasteiger partial charge in [0, 0.05) is 19.0 Å². The molecule has 2 unspecified atom stereocenters. The maximum absolute atomic E-state index is 11.5. The lowest BCUT2D eigenvalue weighted by molar-refractivity contribution is -0.122. The summed E-state index contributed by atoms with van der Waals surface area (Å²) in [7, 11) is 0. The molecule has 0 saturated carbocycles. The molecule has 0 rings (SSSR count). The Hall–Kier alpha value is -0.610. The minimum atomic E-state index is -0.442. The van der Waals surface area contributed by atoms with Crippen LogP contribution in [0.3, 0.4) is 0 Å². The van der Waals surface area contributed by atoms with Crippen molar-refractivity contribution in [2.45, 2.75) is 65.5 Å². The Balaban J connectivity index is 3.78. The predicted molar refractivity (Wildman–Crippen MR) is 70.6 cm³/mol. The molecule has 2 atom stereocenters. The van der Waals surface area contributed by atoms with E-state index in [0.717, 1.165) is 12.8 Å². The molecule has 0 aliphatic rings. The molecule has 0 saturated heterocycles. The average Bonchev–Trinajstić information content (AvgIpc) is 2.12. The Labute approximate surface area is 105 Å². The highest BCUT2D eigenvalue weighted by atomic mass is 16.3. The first kappa shape index (κ1) is 16.4. The first-order chi connectivity index (χ1) is 7.74. The number of nitrogens with two attached hydrogens (primary N) is 1. The van der Waals surface area contributed by atoms with Crippen LogP contribution in [-0.4, -0.2) is 29.7 Å². The van der Waals surface area contributed by atoms with Gasteiger partial charge in [-0.25, -0.2) is 0 Å². The molecule has 0 spiro atoms. The first-order valence-electron chi connectivity index (χ1n) is 6.45. The summed E-state index contributed by atoms with van der Waals surface area (Å²) in [6.07, 6.45) is 2.34. The number of carbonyl (C=O) groups is 1. The molecule has 0 bridgehead atoms. The second-order valence-corrected chi connectivity index (χ2v) is 5.98. The number of hydrogen-bond acceptors (Lipinski definition) is 3. The van der Waals surface area contributed by atoms with Gasteiger partial charge in [0.2, 0.25) is 5.91 Å². The van der Waals surface area contributed by atoms with Crippen molar-refractivity contribution in [1.82, 2.24) is 5.32 Å². The lowest BCUT2D eigenvalue weighted by atomic mass is 9.87. The number of aliphatic hydroxyl groups excluding tert-OH is 1. The van der Waals surface area contributed by atoms with Crippen LogP contribution in [0.2, 0.25) is 0 Å². The van der Waals surface area contributed by atoms with Crippen LogP contribution in [0, 0.1) is 5.41 Å². The fourth-order valence-electron chi connectivity index (χ4n) is 1.84. The Morgan fingerprint density at radius 3 is 2.47 bits per heavy atom. The maximum atomic E-state index is 11.5. The molecule has 102 valence electrons. The zero-order chi connectivity index (χ0) is 13.5. The molecule has 0 radical (unpaired) electrons. The van der Waals surface area contributed by atoms with Crippen molar-refractivity contribution >= 4 is 5.91 Å². The third kappa shape index (κ3) is 10.3. The van der Waals surface area contributed by atoms with E-state index in [4.69, 9.17) is 5.73 Å². The van der Waals surface area contributed by atoms with Crippen LogP contribution in [-0.2, 0) is 4.79 Å². The molecule has 0 aliphatic heterocycles. The highest BCUT2D eigenvalue weighted by Crippen LogP contribution is 2.20. The molecule has 0 fully saturated rings. The van der Waals surface area contributed by atoms with Crippen LogP contribution in [0.4, 0.5) is 0 Å². The second kappa shape index (κ2) is 7.67. The zero-order valence-electron chi connectivity index (χ0n) is 11.6. The lowest BCUT2D eigenvalue weighted by Gasteiger charge is -2.22. The van der Waals surface area contributed by atoms with Gasteiger partial charge in [0.05, 0.1) is 6.10 Å². The van der Waals surface area contributed by atoms with Gasteiger partial charge in [0.25, 0.3) is 0 Å². The van der Waals surface area contributed by atoms with Crippen LogP contribution in [0.1, 0.15) is 53.4 Å². The van der Waals surface area contributed by atoms with Crippen molar-refractivity contribution in [3.8, 4) is 0 Å². The normalized spacial score (nSPS) is 15.4. The Morgan fingerprint density at radius 1 is 1.41 bits per heavy atom. The zero-order valence-corrected chi connectivity index (χ0v) is 11.6. The molecule has 4 heteroatoms. The van der Waals surface area contributed by atoms with Gasteiger partial charge in [-0.05, 0) is 18.3 Å². The summed E-state index contributed by atoms with van der Waals surface area (Å²) in [6, 6.07) is -0.113. The highest BCUT2D eigenvalue weighted by Gasteiger charge is 2.18. The highest BCUT2D eigenvalue weighted by molar-refractivity contribution is 5.76. The molecular weight excluding hydrogens is 216 g/mol. The summed E-state index contributed by atoms with van der Waals surface area (Å²) < 4.78 is 0. The van der Waals surface area contributed by atoms with Crippen molar-refractivity contribution in [1.29, 1.82) is 0 Å². The first-order valence-corrected chi connectivity index (χ1v) is 6.45. The molecule has 4 nitrogen and oxygen atoms in total. The van der Waals surface area contributed by atoms with E-state index in [0.29, 0.717) is 19.4 Å². The van der Waals surface area contributed by atoms with E-state index in [-0.39, 0.29) is 17.4 Å². The summed E-state index contributed by atoms with van der Waals surface area (Å²) in [6.45, 7) is 8.65. The van der Waals surface area contributed by atoms with Gasteiger partial charge < -0.3 is 16.2 Å². The standard InChI is InChI=1S/C13H28N2O2/c1-5-6-11(16)9-15-12(17)7-10(14)8-13(2,3)4/h10-11,16H,5-9,14H2,1-4H3,(H,15,17). The molecule has 0 aromatic rings. The van der Waals surface area contributed by atoms with E-state index in [2.05, 4.69) is 26.1 Å². The summed E-state index contributed by atoms with van der Waals surface area (Å²) in [5.41, 5.74) is 6.04. The van der Waals surface area contributed by atoms with Crippen LogP contribution in [0.5, 0.6) is 0 Å². The van der Waals surface area contributed by atoms with Crippen molar-refractivity contribution in [3.05, 3.63) is 0 Å². The fraction of sp³-hybridized carbons (Fsp3) is 0.923. The molecule has 17 heavy (non-hydrogen) atoms. The van der Waals surface area contributed by atoms with Crippen LogP contribution >= 0.6 is 0 Å². The minimum absolute atomic E-state index is 0.0723. The molecule has 0 aromatic carbocycles. The van der Waals surface area contributed by atoms with E-state index >= 15 is 0 Å². The third-order valence-corrected chi connectivity index (χ3v) is 2.48. The number of amides is 1. The molecular formula is C13H28N2O2. The topological polar surface area (TPSA) is 75.3 Å². The Bertz CT molecular complexity index is 224. The van der Waals surface area contributed by atoms with E-state index in [1.807, 2.05) is 6.92 Å². The van der Waals surface area contributed by atoms with Gasteiger partial charge in [-0.1, -0.05) is 34.1 Å². The van der Waals surface area contributed by atoms with Gasteiger partial charge in [0.15, 0.2) is 0 Å². The molecule has 0 aliphatic carbocycles. The fourth-order valence-corrected chi connectivity index (χ4v) is 1.84. The van der Waals surface area contributed by atoms with Crippen LogP contribution in [0.25, 0.3) is 0 Å². The molecule has 4 N–H and O–H groups in total. The van der Waals surface area contributed by atoms with Crippen molar-refractivity contribution < 1.29 is 9.90 Å². The summed E-state index contributed by atoms with van der Waals surface area (Å²) in [5.74, 6) is -0.0723. The molecule has 0 heterocycles. The van der Waals surface area contributed by atoms with Crippen molar-refractivity contribution in [2.24, 2.45) is 11.1 Å². The Morgan fingerprint density at radius 2 is 2.00 bits per heavy atom. The number of hydrogen-bond donors (Lipinski definition) is 3. The smallest absolute Gasteiger partial charge is 0.221 e. The van der Waals surface area contributed by atoms with Crippen molar-refractivity contribution in [2.75, 3.05) is 6.54 Å². The lowest BCUT2D eigenvalue weighted by Crippen LogP contribution is -2.37. The van der Waals surface area contributed by atoms with Gasteiger partial charge in [-0.15, -0.1) is 0 Å². The predicted octanol–water partition coefficient (Wildman–Crippen LogP) is 1.42. The maximum Gasteiger partial charge on any atom is 0.221 e. The van der Waals surface area contributed by atoms with Crippen LogP contribution in [0.15, 0.2) is 0 Å². The minimum Gasteiger partial charge on any atom is -0.391 e.